The summed E-state index contributed by atoms with van der Waals surface area (Å²) in [5, 5.41) is 0. The predicted octanol–water partition coefficient (Wildman–Crippen LogP) is 2.56. The van der Waals surface area contributed by atoms with Crippen molar-refractivity contribution in [3.05, 3.63) is 0 Å². The molecule has 2 aliphatic heterocycles. The Morgan fingerprint density at radius 2 is 1.70 bits per heavy atom. The first kappa shape index (κ1) is 16.3. The fraction of sp³-hybridized carbons (Fsp3) is 1.00. The smallest absolute Gasteiger partial charge is 0.00474 e. The van der Waals surface area contributed by atoms with Gasteiger partial charge in [-0.15, -0.1) is 0 Å². The predicted molar refractivity (Wildman–Crippen MR) is 86.9 cm³/mol. The van der Waals surface area contributed by atoms with Gasteiger partial charge in [0.15, 0.2) is 0 Å². The van der Waals surface area contributed by atoms with Gasteiger partial charge in [0.05, 0.1) is 0 Å². The monoisotopic (exact) mass is 281 g/mol. The number of hydrogen-bond acceptors (Lipinski definition) is 3. The van der Waals surface area contributed by atoms with E-state index < -0.39 is 0 Å². The van der Waals surface area contributed by atoms with Gasteiger partial charge in [-0.3, -0.25) is 0 Å². The van der Waals surface area contributed by atoms with E-state index in [1.165, 1.54) is 77.8 Å². The maximum Gasteiger partial charge on any atom is 0.00474 e. The molecular formula is C17H35N3. The van der Waals surface area contributed by atoms with Gasteiger partial charge in [-0.1, -0.05) is 20.3 Å². The minimum atomic E-state index is 0.330. The summed E-state index contributed by atoms with van der Waals surface area (Å²) in [6.45, 7) is 13.3. The van der Waals surface area contributed by atoms with Gasteiger partial charge in [-0.25, -0.2) is 0 Å². The van der Waals surface area contributed by atoms with E-state index in [-0.39, 0.29) is 0 Å². The van der Waals surface area contributed by atoms with Crippen LogP contribution in [-0.4, -0.2) is 55.6 Å². The van der Waals surface area contributed by atoms with Crippen molar-refractivity contribution in [3.8, 4) is 0 Å². The molecule has 0 aromatic heterocycles. The fourth-order valence-electron chi connectivity index (χ4n) is 4.05. The Labute approximate surface area is 125 Å². The van der Waals surface area contributed by atoms with Gasteiger partial charge in [0.2, 0.25) is 0 Å². The lowest BCUT2D eigenvalue weighted by molar-refractivity contribution is 0.105. The molecule has 0 aromatic rings. The number of nitrogens with two attached hydrogens (primary N) is 1. The number of piperidine rings is 1. The summed E-state index contributed by atoms with van der Waals surface area (Å²) >= 11 is 0. The van der Waals surface area contributed by atoms with E-state index in [1.54, 1.807) is 0 Å². The summed E-state index contributed by atoms with van der Waals surface area (Å²) in [6, 6.07) is 0. The second-order valence-corrected chi connectivity index (χ2v) is 7.49. The van der Waals surface area contributed by atoms with Crippen LogP contribution in [0.15, 0.2) is 0 Å². The molecule has 3 heteroatoms. The van der Waals surface area contributed by atoms with E-state index in [0.29, 0.717) is 5.41 Å². The van der Waals surface area contributed by atoms with Crippen molar-refractivity contribution >= 4 is 0 Å². The van der Waals surface area contributed by atoms with Crippen LogP contribution in [0, 0.1) is 11.3 Å². The van der Waals surface area contributed by atoms with Crippen LogP contribution in [0.25, 0.3) is 0 Å². The summed E-state index contributed by atoms with van der Waals surface area (Å²) in [7, 11) is 0. The Balaban J connectivity index is 1.70. The van der Waals surface area contributed by atoms with E-state index in [0.717, 1.165) is 12.5 Å². The van der Waals surface area contributed by atoms with Gasteiger partial charge in [0, 0.05) is 13.1 Å². The van der Waals surface area contributed by atoms with Crippen molar-refractivity contribution in [2.75, 3.05) is 45.8 Å². The van der Waals surface area contributed by atoms with Crippen molar-refractivity contribution in [1.82, 2.24) is 9.80 Å². The molecule has 2 heterocycles. The lowest BCUT2D eigenvalue weighted by Crippen LogP contribution is -2.45. The molecule has 2 N–H and O–H groups in total. The molecular weight excluding hydrogens is 246 g/mol. The third-order valence-corrected chi connectivity index (χ3v) is 5.37. The summed E-state index contributed by atoms with van der Waals surface area (Å²) < 4.78 is 0. The zero-order chi connectivity index (χ0) is 14.4. The van der Waals surface area contributed by atoms with Crippen molar-refractivity contribution < 1.29 is 0 Å². The molecule has 2 saturated heterocycles. The molecule has 118 valence electrons. The lowest BCUT2D eigenvalue weighted by atomic mass is 9.84. The fourth-order valence-corrected chi connectivity index (χ4v) is 4.05. The Kier molecular flexibility index (Phi) is 6.31. The molecule has 0 saturated carbocycles. The van der Waals surface area contributed by atoms with Crippen molar-refractivity contribution in [2.45, 2.75) is 52.4 Å². The van der Waals surface area contributed by atoms with Gasteiger partial charge >= 0.3 is 0 Å². The second kappa shape index (κ2) is 7.77. The molecule has 1 atom stereocenters. The largest absolute Gasteiger partial charge is 0.330 e. The highest BCUT2D eigenvalue weighted by Gasteiger charge is 2.28. The first-order valence-electron chi connectivity index (χ1n) is 8.80. The van der Waals surface area contributed by atoms with Crippen molar-refractivity contribution in [1.29, 1.82) is 0 Å². The van der Waals surface area contributed by atoms with Crippen LogP contribution in [0.1, 0.15) is 52.4 Å². The van der Waals surface area contributed by atoms with Gasteiger partial charge in [0.1, 0.15) is 0 Å². The van der Waals surface area contributed by atoms with Crippen LogP contribution in [0.3, 0.4) is 0 Å². The van der Waals surface area contributed by atoms with Crippen LogP contribution in [0.2, 0.25) is 0 Å². The van der Waals surface area contributed by atoms with Crippen molar-refractivity contribution in [3.63, 3.8) is 0 Å². The Morgan fingerprint density at radius 1 is 1.05 bits per heavy atom. The highest BCUT2D eigenvalue weighted by atomic mass is 15.2. The third kappa shape index (κ3) is 4.71. The quantitative estimate of drug-likeness (QED) is 0.778. The van der Waals surface area contributed by atoms with Crippen molar-refractivity contribution in [2.24, 2.45) is 17.1 Å². The van der Waals surface area contributed by atoms with Crippen LogP contribution < -0.4 is 5.73 Å². The highest BCUT2D eigenvalue weighted by molar-refractivity contribution is 4.83. The Morgan fingerprint density at radius 3 is 2.25 bits per heavy atom. The van der Waals surface area contributed by atoms with Crippen LogP contribution in [0.4, 0.5) is 0 Å². The number of rotatable bonds is 7. The Bertz CT molecular complexity index is 267. The van der Waals surface area contributed by atoms with Gasteiger partial charge in [-0.2, -0.15) is 0 Å². The average Bonchev–Trinajstić information content (AvgIpc) is 2.94. The molecule has 2 aliphatic rings. The number of hydrogen-bond donors (Lipinski definition) is 1. The van der Waals surface area contributed by atoms with Gasteiger partial charge < -0.3 is 15.5 Å². The molecule has 1 unspecified atom stereocenters. The number of nitrogens with zero attached hydrogens (tertiary/aromatic N) is 2. The van der Waals surface area contributed by atoms with Crippen LogP contribution in [0.5, 0.6) is 0 Å². The summed E-state index contributed by atoms with van der Waals surface area (Å²) in [5.41, 5.74) is 6.34. The van der Waals surface area contributed by atoms with Crippen LogP contribution in [-0.2, 0) is 0 Å². The molecule has 0 radical (unpaired) electrons. The molecule has 2 fully saturated rings. The molecule has 0 aromatic carbocycles. The van der Waals surface area contributed by atoms with Gasteiger partial charge in [-0.05, 0) is 76.2 Å². The zero-order valence-corrected chi connectivity index (χ0v) is 13.7. The van der Waals surface area contributed by atoms with Gasteiger partial charge in [0.25, 0.3) is 0 Å². The SMILES string of the molecule is CCCC(C)(CN)CN1CCC(CN2CCCC2)CC1. The minimum Gasteiger partial charge on any atom is -0.330 e. The van der Waals surface area contributed by atoms with E-state index >= 15 is 0 Å². The Hall–Kier alpha value is -0.120. The van der Waals surface area contributed by atoms with E-state index in [4.69, 9.17) is 5.73 Å². The molecule has 2 rings (SSSR count). The second-order valence-electron chi connectivity index (χ2n) is 7.49. The summed E-state index contributed by atoms with van der Waals surface area (Å²) in [4.78, 5) is 5.35. The van der Waals surface area contributed by atoms with E-state index in [9.17, 15) is 0 Å². The summed E-state index contributed by atoms with van der Waals surface area (Å²) in [5.74, 6) is 0.944. The maximum absolute atomic E-state index is 6.01. The standard InChI is InChI=1S/C17H35N3/c1-3-8-17(2,14-18)15-20-11-6-16(7-12-20)13-19-9-4-5-10-19/h16H,3-15,18H2,1-2H3. The molecule has 3 nitrogen and oxygen atoms in total. The lowest BCUT2D eigenvalue weighted by Gasteiger charge is -2.39. The van der Waals surface area contributed by atoms with E-state index in [1.807, 2.05) is 0 Å². The highest BCUT2D eigenvalue weighted by Crippen LogP contribution is 2.27. The van der Waals surface area contributed by atoms with E-state index in [2.05, 4.69) is 23.6 Å². The van der Waals surface area contributed by atoms with Crippen LogP contribution >= 0.6 is 0 Å². The number of likely N-dealkylation sites (tertiary alicyclic amines) is 2. The molecule has 0 spiro atoms. The minimum absolute atomic E-state index is 0.330. The third-order valence-electron chi connectivity index (χ3n) is 5.37. The average molecular weight is 281 g/mol. The molecule has 20 heavy (non-hydrogen) atoms. The first-order chi connectivity index (χ1) is 9.65. The zero-order valence-electron chi connectivity index (χ0n) is 13.7. The molecule has 0 amide bonds. The summed E-state index contributed by atoms with van der Waals surface area (Å²) in [6.07, 6.45) is 8.14. The first-order valence-corrected chi connectivity index (χ1v) is 8.80. The topological polar surface area (TPSA) is 32.5 Å². The molecule has 0 bridgehead atoms. The molecule has 0 aliphatic carbocycles. The maximum atomic E-state index is 6.01. The normalized spacial score (nSPS) is 25.9.